The summed E-state index contributed by atoms with van der Waals surface area (Å²) in [5.74, 6) is -0.294. The Kier molecular flexibility index (Phi) is 4.11. The van der Waals surface area contributed by atoms with Crippen molar-refractivity contribution in [2.75, 3.05) is 0 Å². The number of halogens is 1. The monoisotopic (exact) mass is 212 g/mol. The number of hydrogen-bond donors (Lipinski definition) is 1. The minimum Gasteiger partial charge on any atom is -0.385 e. The van der Waals surface area contributed by atoms with Gasteiger partial charge in [0.1, 0.15) is 6.10 Å². The normalized spacial score (nSPS) is 12.5. The lowest BCUT2D eigenvalue weighted by Crippen LogP contribution is -2.20. The molecule has 2 nitrogen and oxygen atoms in total. The van der Waals surface area contributed by atoms with Crippen molar-refractivity contribution in [1.29, 1.82) is 0 Å². The first-order valence-electron chi connectivity index (χ1n) is 4.63. The van der Waals surface area contributed by atoms with Gasteiger partial charge in [-0.2, -0.15) is 0 Å². The minimum atomic E-state index is -0.931. The number of aliphatic hydroxyl groups is 1. The molecule has 0 spiro atoms. The SMILES string of the molecule is CCCC(O)C(=O)c1ccccc1Cl. The number of Topliss-reactive ketones (excluding diaryl/α,β-unsaturated/α-hetero) is 1. The third-order valence-corrected chi connectivity index (χ3v) is 2.33. The van der Waals surface area contributed by atoms with E-state index in [9.17, 15) is 9.90 Å². The maximum Gasteiger partial charge on any atom is 0.192 e. The second kappa shape index (κ2) is 5.13. The fourth-order valence-corrected chi connectivity index (χ4v) is 1.47. The van der Waals surface area contributed by atoms with Gasteiger partial charge in [-0.25, -0.2) is 0 Å². The van der Waals surface area contributed by atoms with Crippen LogP contribution < -0.4 is 0 Å². The summed E-state index contributed by atoms with van der Waals surface area (Å²) in [4.78, 5) is 11.6. The van der Waals surface area contributed by atoms with Crippen molar-refractivity contribution in [3.63, 3.8) is 0 Å². The van der Waals surface area contributed by atoms with E-state index < -0.39 is 6.10 Å². The second-order valence-electron chi connectivity index (χ2n) is 3.15. The lowest BCUT2D eigenvalue weighted by atomic mass is 10.0. The van der Waals surface area contributed by atoms with Crippen LogP contribution in [0.3, 0.4) is 0 Å². The average Bonchev–Trinajstić information content (AvgIpc) is 2.18. The van der Waals surface area contributed by atoms with Crippen LogP contribution in [0.15, 0.2) is 24.3 Å². The smallest absolute Gasteiger partial charge is 0.192 e. The molecule has 1 aromatic rings. The number of carbonyl (C=O) groups is 1. The zero-order valence-corrected chi connectivity index (χ0v) is 8.79. The van der Waals surface area contributed by atoms with E-state index in [1.54, 1.807) is 24.3 Å². The first-order valence-corrected chi connectivity index (χ1v) is 5.01. The van der Waals surface area contributed by atoms with Gasteiger partial charge in [-0.1, -0.05) is 37.1 Å². The molecule has 0 aliphatic heterocycles. The molecule has 1 N–H and O–H groups in total. The molecule has 14 heavy (non-hydrogen) atoms. The van der Waals surface area contributed by atoms with Crippen molar-refractivity contribution < 1.29 is 9.90 Å². The van der Waals surface area contributed by atoms with E-state index in [0.717, 1.165) is 6.42 Å². The summed E-state index contributed by atoms with van der Waals surface area (Å²) in [6, 6.07) is 6.76. The Morgan fingerprint density at radius 1 is 1.50 bits per heavy atom. The summed E-state index contributed by atoms with van der Waals surface area (Å²) < 4.78 is 0. The van der Waals surface area contributed by atoms with Crippen LogP contribution in [0.1, 0.15) is 30.1 Å². The number of aliphatic hydroxyl groups excluding tert-OH is 1. The topological polar surface area (TPSA) is 37.3 Å². The zero-order valence-electron chi connectivity index (χ0n) is 8.03. The fourth-order valence-electron chi connectivity index (χ4n) is 1.25. The van der Waals surface area contributed by atoms with Gasteiger partial charge >= 0.3 is 0 Å². The van der Waals surface area contributed by atoms with Crippen LogP contribution in [0.4, 0.5) is 0 Å². The number of rotatable bonds is 4. The van der Waals surface area contributed by atoms with Crippen molar-refractivity contribution in [1.82, 2.24) is 0 Å². The molecule has 0 aromatic heterocycles. The van der Waals surface area contributed by atoms with Gasteiger partial charge < -0.3 is 5.11 Å². The summed E-state index contributed by atoms with van der Waals surface area (Å²) >= 11 is 5.83. The largest absolute Gasteiger partial charge is 0.385 e. The van der Waals surface area contributed by atoms with E-state index in [0.29, 0.717) is 17.0 Å². The first kappa shape index (κ1) is 11.2. The van der Waals surface area contributed by atoms with Gasteiger partial charge in [0.05, 0.1) is 5.02 Å². The van der Waals surface area contributed by atoms with E-state index in [1.807, 2.05) is 6.92 Å². The molecule has 3 heteroatoms. The molecule has 1 unspecified atom stereocenters. The highest BCUT2D eigenvalue weighted by Crippen LogP contribution is 2.17. The van der Waals surface area contributed by atoms with Gasteiger partial charge in [0.2, 0.25) is 0 Å². The summed E-state index contributed by atoms with van der Waals surface area (Å²) in [6.07, 6.45) is 0.321. The molecule has 0 saturated heterocycles. The van der Waals surface area contributed by atoms with Gasteiger partial charge in [0, 0.05) is 5.56 Å². The van der Waals surface area contributed by atoms with Crippen molar-refractivity contribution in [2.24, 2.45) is 0 Å². The van der Waals surface area contributed by atoms with Gasteiger partial charge in [-0.3, -0.25) is 4.79 Å². The summed E-state index contributed by atoms with van der Waals surface area (Å²) in [6.45, 7) is 1.92. The van der Waals surface area contributed by atoms with Crippen LogP contribution in [0.5, 0.6) is 0 Å². The van der Waals surface area contributed by atoms with Gasteiger partial charge in [0.15, 0.2) is 5.78 Å². The number of benzene rings is 1. The van der Waals surface area contributed by atoms with Crippen molar-refractivity contribution in [2.45, 2.75) is 25.9 Å². The highest BCUT2D eigenvalue weighted by atomic mass is 35.5. The van der Waals surface area contributed by atoms with Crippen LogP contribution >= 0.6 is 11.6 Å². The Hall–Kier alpha value is -0.860. The minimum absolute atomic E-state index is 0.294. The Labute approximate surface area is 88.5 Å². The fraction of sp³-hybridized carbons (Fsp3) is 0.364. The van der Waals surface area contributed by atoms with Crippen LogP contribution in [0, 0.1) is 0 Å². The Morgan fingerprint density at radius 2 is 2.14 bits per heavy atom. The Balaban J connectivity index is 2.84. The number of ketones is 1. The zero-order chi connectivity index (χ0) is 10.6. The molecule has 1 aromatic carbocycles. The molecule has 0 aliphatic rings. The molecular weight excluding hydrogens is 200 g/mol. The van der Waals surface area contributed by atoms with Gasteiger partial charge in [-0.15, -0.1) is 0 Å². The molecular formula is C11H13ClO2. The molecule has 0 bridgehead atoms. The standard InChI is InChI=1S/C11H13ClO2/c1-2-5-10(13)11(14)8-6-3-4-7-9(8)12/h3-4,6-7,10,13H,2,5H2,1H3. The lowest BCUT2D eigenvalue weighted by Gasteiger charge is -2.08. The molecule has 0 fully saturated rings. The summed E-state index contributed by atoms with van der Waals surface area (Å²) in [7, 11) is 0. The molecule has 0 radical (unpaired) electrons. The summed E-state index contributed by atoms with van der Waals surface area (Å²) in [5, 5.41) is 9.88. The predicted octanol–water partition coefficient (Wildman–Crippen LogP) is 2.68. The van der Waals surface area contributed by atoms with E-state index in [-0.39, 0.29) is 5.78 Å². The third-order valence-electron chi connectivity index (χ3n) is 2.00. The molecule has 0 amide bonds. The third kappa shape index (κ3) is 2.56. The van der Waals surface area contributed by atoms with Gasteiger partial charge in [-0.05, 0) is 18.6 Å². The van der Waals surface area contributed by atoms with E-state index in [4.69, 9.17) is 11.6 Å². The van der Waals surface area contributed by atoms with E-state index >= 15 is 0 Å². The van der Waals surface area contributed by atoms with Crippen LogP contribution in [0.2, 0.25) is 5.02 Å². The van der Waals surface area contributed by atoms with Gasteiger partial charge in [0.25, 0.3) is 0 Å². The van der Waals surface area contributed by atoms with E-state index in [2.05, 4.69) is 0 Å². The Morgan fingerprint density at radius 3 is 2.71 bits per heavy atom. The lowest BCUT2D eigenvalue weighted by molar-refractivity contribution is 0.0729. The maximum atomic E-state index is 11.6. The molecule has 0 aliphatic carbocycles. The number of hydrogen-bond acceptors (Lipinski definition) is 2. The Bertz CT molecular complexity index is 323. The van der Waals surface area contributed by atoms with Crippen molar-refractivity contribution >= 4 is 17.4 Å². The van der Waals surface area contributed by atoms with Crippen molar-refractivity contribution in [3.05, 3.63) is 34.9 Å². The quantitative estimate of drug-likeness (QED) is 0.780. The molecule has 0 saturated carbocycles. The molecule has 0 heterocycles. The van der Waals surface area contributed by atoms with Crippen LogP contribution in [-0.4, -0.2) is 17.0 Å². The molecule has 1 rings (SSSR count). The maximum absolute atomic E-state index is 11.6. The average molecular weight is 213 g/mol. The summed E-state index contributed by atoms with van der Waals surface area (Å²) in [5.41, 5.74) is 0.398. The number of carbonyl (C=O) groups excluding carboxylic acids is 1. The van der Waals surface area contributed by atoms with E-state index in [1.165, 1.54) is 0 Å². The highest BCUT2D eigenvalue weighted by molar-refractivity contribution is 6.34. The van der Waals surface area contributed by atoms with Crippen LogP contribution in [0.25, 0.3) is 0 Å². The predicted molar refractivity (Wildman–Crippen MR) is 56.7 cm³/mol. The second-order valence-corrected chi connectivity index (χ2v) is 3.56. The molecule has 76 valence electrons. The highest BCUT2D eigenvalue weighted by Gasteiger charge is 2.17. The molecule has 1 atom stereocenters. The first-order chi connectivity index (χ1) is 6.66. The van der Waals surface area contributed by atoms with Crippen molar-refractivity contribution in [3.8, 4) is 0 Å². The van der Waals surface area contributed by atoms with Crippen LogP contribution in [-0.2, 0) is 0 Å².